The third kappa shape index (κ3) is 1.93. The van der Waals surface area contributed by atoms with Gasteiger partial charge in [0, 0.05) is 6.20 Å². The lowest BCUT2D eigenvalue weighted by molar-refractivity contribution is 0.855. The molecule has 1 aromatic heterocycles. The van der Waals surface area contributed by atoms with Crippen LogP contribution < -0.4 is 0 Å². The molecule has 0 aromatic carbocycles. The Kier molecular flexibility index (Phi) is 2.50. The minimum absolute atomic E-state index is 0.526. The van der Waals surface area contributed by atoms with Gasteiger partial charge in [0.1, 0.15) is 5.15 Å². The second-order valence-electron chi connectivity index (χ2n) is 3.03. The van der Waals surface area contributed by atoms with Gasteiger partial charge in [-0.2, -0.15) is 0 Å². The van der Waals surface area contributed by atoms with Gasteiger partial charge in [0.05, 0.1) is 0 Å². The van der Waals surface area contributed by atoms with Crippen LogP contribution in [0.1, 0.15) is 30.9 Å². The number of aryl methyl sites for hydroxylation is 1. The maximum atomic E-state index is 5.77. The molecular formula is C9H12ClN. The molecule has 0 unspecified atom stereocenters. The van der Waals surface area contributed by atoms with Gasteiger partial charge in [-0.1, -0.05) is 31.5 Å². The van der Waals surface area contributed by atoms with Crippen molar-refractivity contribution < 1.29 is 0 Å². The molecule has 0 atom stereocenters. The lowest BCUT2D eigenvalue weighted by Crippen LogP contribution is -1.90. The van der Waals surface area contributed by atoms with E-state index in [0.29, 0.717) is 11.1 Å². The van der Waals surface area contributed by atoms with E-state index in [1.165, 1.54) is 5.56 Å². The molecule has 1 aromatic rings. The Balaban J connectivity index is 3.05. The Bertz CT molecular complexity index is 256. The van der Waals surface area contributed by atoms with Crippen LogP contribution in [0.5, 0.6) is 0 Å². The maximum Gasteiger partial charge on any atom is 0.131 e. The van der Waals surface area contributed by atoms with Crippen molar-refractivity contribution in [2.75, 3.05) is 0 Å². The quantitative estimate of drug-likeness (QED) is 0.589. The minimum atomic E-state index is 0.526. The largest absolute Gasteiger partial charge is 0.244 e. The molecule has 0 bridgehead atoms. The topological polar surface area (TPSA) is 12.9 Å². The van der Waals surface area contributed by atoms with Gasteiger partial charge >= 0.3 is 0 Å². The van der Waals surface area contributed by atoms with E-state index in [9.17, 15) is 0 Å². The first-order chi connectivity index (χ1) is 5.11. The van der Waals surface area contributed by atoms with Crippen LogP contribution in [-0.4, -0.2) is 4.98 Å². The van der Waals surface area contributed by atoms with Crippen molar-refractivity contribution in [1.82, 2.24) is 4.98 Å². The lowest BCUT2D eigenvalue weighted by Gasteiger charge is -2.05. The Morgan fingerprint density at radius 2 is 2.09 bits per heavy atom. The Labute approximate surface area is 72.4 Å². The summed E-state index contributed by atoms with van der Waals surface area (Å²) in [5, 5.41) is 0.606. The molecule has 0 N–H and O–H groups in total. The second kappa shape index (κ2) is 3.22. The fourth-order valence-corrected chi connectivity index (χ4v) is 0.999. The lowest BCUT2D eigenvalue weighted by atomic mass is 10.0. The molecule has 60 valence electrons. The van der Waals surface area contributed by atoms with Gasteiger partial charge in [-0.3, -0.25) is 0 Å². The number of hydrogen-bond acceptors (Lipinski definition) is 1. The summed E-state index contributed by atoms with van der Waals surface area (Å²) < 4.78 is 0. The standard InChI is InChI=1S/C9H12ClN/c1-6(2)8-4-7(3)9(10)11-5-8/h4-6H,1-3H3. The van der Waals surface area contributed by atoms with Gasteiger partial charge in [0.2, 0.25) is 0 Å². The summed E-state index contributed by atoms with van der Waals surface area (Å²) in [4.78, 5) is 4.07. The molecule has 1 nitrogen and oxygen atoms in total. The summed E-state index contributed by atoms with van der Waals surface area (Å²) in [6.45, 7) is 6.26. The monoisotopic (exact) mass is 169 g/mol. The zero-order valence-corrected chi connectivity index (χ0v) is 7.81. The normalized spacial score (nSPS) is 10.6. The van der Waals surface area contributed by atoms with Gasteiger partial charge in [0.15, 0.2) is 0 Å². The smallest absolute Gasteiger partial charge is 0.131 e. The van der Waals surface area contributed by atoms with Crippen LogP contribution in [-0.2, 0) is 0 Å². The minimum Gasteiger partial charge on any atom is -0.244 e. The number of aromatic nitrogens is 1. The summed E-state index contributed by atoms with van der Waals surface area (Å²) in [6.07, 6.45) is 1.83. The Hall–Kier alpha value is -0.560. The van der Waals surface area contributed by atoms with Crippen LogP contribution >= 0.6 is 11.6 Å². The van der Waals surface area contributed by atoms with Gasteiger partial charge < -0.3 is 0 Å². The zero-order chi connectivity index (χ0) is 8.43. The highest BCUT2D eigenvalue weighted by Crippen LogP contribution is 2.18. The van der Waals surface area contributed by atoms with Crippen LogP contribution in [0.4, 0.5) is 0 Å². The van der Waals surface area contributed by atoms with Gasteiger partial charge in [0.25, 0.3) is 0 Å². The fourth-order valence-electron chi connectivity index (χ4n) is 0.896. The fraction of sp³-hybridized carbons (Fsp3) is 0.444. The average Bonchev–Trinajstić information content (AvgIpc) is 1.94. The van der Waals surface area contributed by atoms with E-state index in [1.807, 2.05) is 13.1 Å². The molecule has 0 aliphatic rings. The highest BCUT2D eigenvalue weighted by atomic mass is 35.5. The van der Waals surface area contributed by atoms with Gasteiger partial charge in [-0.15, -0.1) is 0 Å². The van der Waals surface area contributed by atoms with Gasteiger partial charge in [-0.25, -0.2) is 4.98 Å². The van der Waals surface area contributed by atoms with E-state index in [1.54, 1.807) is 0 Å². The van der Waals surface area contributed by atoms with Crippen LogP contribution in [0.3, 0.4) is 0 Å². The van der Waals surface area contributed by atoms with Crippen molar-refractivity contribution in [2.24, 2.45) is 0 Å². The maximum absolute atomic E-state index is 5.77. The molecule has 1 rings (SSSR count). The van der Waals surface area contributed by atoms with E-state index < -0.39 is 0 Å². The van der Waals surface area contributed by atoms with E-state index in [-0.39, 0.29) is 0 Å². The van der Waals surface area contributed by atoms with Crippen molar-refractivity contribution >= 4 is 11.6 Å². The predicted molar refractivity (Wildman–Crippen MR) is 48.1 cm³/mol. The molecule has 0 aliphatic heterocycles. The Morgan fingerprint density at radius 1 is 1.45 bits per heavy atom. The first-order valence-electron chi connectivity index (χ1n) is 3.73. The SMILES string of the molecule is Cc1cc(C(C)C)cnc1Cl. The van der Waals surface area contributed by atoms with E-state index in [2.05, 4.69) is 24.9 Å². The molecule has 0 saturated heterocycles. The molecule has 11 heavy (non-hydrogen) atoms. The highest BCUT2D eigenvalue weighted by molar-refractivity contribution is 6.30. The predicted octanol–water partition coefficient (Wildman–Crippen LogP) is 3.17. The molecular weight excluding hydrogens is 158 g/mol. The zero-order valence-electron chi connectivity index (χ0n) is 7.06. The van der Waals surface area contributed by atoms with E-state index >= 15 is 0 Å². The number of hydrogen-bond donors (Lipinski definition) is 0. The molecule has 0 spiro atoms. The third-order valence-corrected chi connectivity index (χ3v) is 2.10. The molecule has 0 radical (unpaired) electrons. The molecule has 0 amide bonds. The van der Waals surface area contributed by atoms with Crippen molar-refractivity contribution in [3.63, 3.8) is 0 Å². The van der Waals surface area contributed by atoms with Crippen molar-refractivity contribution in [2.45, 2.75) is 26.7 Å². The van der Waals surface area contributed by atoms with E-state index in [4.69, 9.17) is 11.6 Å². The first-order valence-corrected chi connectivity index (χ1v) is 4.11. The molecule has 1 heterocycles. The van der Waals surface area contributed by atoms with Crippen LogP contribution in [0.25, 0.3) is 0 Å². The number of halogens is 1. The highest BCUT2D eigenvalue weighted by Gasteiger charge is 2.01. The van der Waals surface area contributed by atoms with E-state index in [0.717, 1.165) is 5.56 Å². The van der Waals surface area contributed by atoms with Crippen LogP contribution in [0.15, 0.2) is 12.3 Å². The summed E-state index contributed by atoms with van der Waals surface area (Å²) in [7, 11) is 0. The molecule has 0 saturated carbocycles. The van der Waals surface area contributed by atoms with Crippen molar-refractivity contribution in [3.8, 4) is 0 Å². The first kappa shape index (κ1) is 8.54. The average molecular weight is 170 g/mol. The number of nitrogens with zero attached hydrogens (tertiary/aromatic N) is 1. The summed E-state index contributed by atoms with van der Waals surface area (Å²) in [5.74, 6) is 0.526. The summed E-state index contributed by atoms with van der Waals surface area (Å²) in [6, 6.07) is 2.08. The van der Waals surface area contributed by atoms with Crippen molar-refractivity contribution in [3.05, 3.63) is 28.5 Å². The van der Waals surface area contributed by atoms with Crippen LogP contribution in [0.2, 0.25) is 5.15 Å². The molecule has 0 fully saturated rings. The molecule has 0 aliphatic carbocycles. The van der Waals surface area contributed by atoms with Crippen molar-refractivity contribution in [1.29, 1.82) is 0 Å². The number of rotatable bonds is 1. The summed E-state index contributed by atoms with van der Waals surface area (Å²) >= 11 is 5.77. The van der Waals surface area contributed by atoms with Gasteiger partial charge in [-0.05, 0) is 24.0 Å². The third-order valence-electron chi connectivity index (χ3n) is 1.70. The summed E-state index contributed by atoms with van der Waals surface area (Å²) in [5.41, 5.74) is 2.30. The Morgan fingerprint density at radius 3 is 2.55 bits per heavy atom. The number of pyridine rings is 1. The van der Waals surface area contributed by atoms with Crippen LogP contribution in [0, 0.1) is 6.92 Å². The second-order valence-corrected chi connectivity index (χ2v) is 3.39. The molecule has 2 heteroatoms.